The lowest BCUT2D eigenvalue weighted by molar-refractivity contribution is -0.117. The highest BCUT2D eigenvalue weighted by atomic mass is 16.3. The van der Waals surface area contributed by atoms with E-state index in [2.05, 4.69) is 28.7 Å². The SMILES string of the molecule is C=CCc1cc(CNC(=O)C(=C)C)c(O)c(-n2nc3ccccc3n2)c1. The molecular weight excluding hydrogens is 328 g/mol. The van der Waals surface area contributed by atoms with Crippen molar-refractivity contribution in [1.82, 2.24) is 20.3 Å². The molecule has 0 bridgehead atoms. The van der Waals surface area contributed by atoms with Gasteiger partial charge in [-0.25, -0.2) is 0 Å². The molecule has 0 fully saturated rings. The summed E-state index contributed by atoms with van der Waals surface area (Å²) >= 11 is 0. The van der Waals surface area contributed by atoms with Crippen molar-refractivity contribution in [3.63, 3.8) is 0 Å². The number of carbonyl (C=O) groups is 1. The third kappa shape index (κ3) is 3.49. The van der Waals surface area contributed by atoms with Crippen LogP contribution in [-0.2, 0) is 17.8 Å². The molecule has 3 rings (SSSR count). The molecule has 0 unspecified atom stereocenters. The van der Waals surface area contributed by atoms with E-state index in [1.54, 1.807) is 13.0 Å². The Balaban J connectivity index is 2.04. The second kappa shape index (κ2) is 7.23. The molecule has 0 aliphatic rings. The van der Waals surface area contributed by atoms with Gasteiger partial charge in [-0.2, -0.15) is 0 Å². The van der Waals surface area contributed by atoms with Gasteiger partial charge in [0.2, 0.25) is 5.91 Å². The highest BCUT2D eigenvalue weighted by molar-refractivity contribution is 5.92. The number of nitrogens with zero attached hydrogens (tertiary/aromatic N) is 3. The van der Waals surface area contributed by atoms with Crippen LogP contribution in [0.1, 0.15) is 18.1 Å². The first-order valence-corrected chi connectivity index (χ1v) is 8.21. The highest BCUT2D eigenvalue weighted by Crippen LogP contribution is 2.28. The fraction of sp³-hybridized carbons (Fsp3) is 0.150. The maximum absolute atomic E-state index is 11.8. The van der Waals surface area contributed by atoms with E-state index < -0.39 is 0 Å². The molecule has 6 heteroatoms. The van der Waals surface area contributed by atoms with Gasteiger partial charge in [-0.05, 0) is 43.2 Å². The van der Waals surface area contributed by atoms with Crippen LogP contribution >= 0.6 is 0 Å². The number of hydrogen-bond acceptors (Lipinski definition) is 4. The molecule has 3 aromatic rings. The number of nitrogens with one attached hydrogen (secondary N) is 1. The number of aromatic nitrogens is 3. The zero-order valence-electron chi connectivity index (χ0n) is 14.6. The van der Waals surface area contributed by atoms with Gasteiger partial charge in [0, 0.05) is 17.7 Å². The van der Waals surface area contributed by atoms with Crippen molar-refractivity contribution in [1.29, 1.82) is 0 Å². The van der Waals surface area contributed by atoms with Crippen LogP contribution in [0, 0.1) is 0 Å². The first kappa shape index (κ1) is 17.4. The summed E-state index contributed by atoms with van der Waals surface area (Å²) in [5, 5.41) is 22.3. The van der Waals surface area contributed by atoms with Crippen LogP contribution in [-0.4, -0.2) is 26.0 Å². The molecule has 1 aromatic heterocycles. The van der Waals surface area contributed by atoms with E-state index in [9.17, 15) is 9.90 Å². The molecule has 2 N–H and O–H groups in total. The quantitative estimate of drug-likeness (QED) is 0.530. The third-order valence-corrected chi connectivity index (χ3v) is 3.94. The van der Waals surface area contributed by atoms with Crippen LogP contribution in [0.3, 0.4) is 0 Å². The van der Waals surface area contributed by atoms with E-state index in [1.165, 1.54) is 4.80 Å². The van der Waals surface area contributed by atoms with Crippen molar-refractivity contribution in [2.45, 2.75) is 19.9 Å². The van der Waals surface area contributed by atoms with Crippen molar-refractivity contribution in [2.75, 3.05) is 0 Å². The minimum atomic E-state index is -0.261. The Morgan fingerprint density at radius 1 is 1.27 bits per heavy atom. The number of carbonyl (C=O) groups excluding carboxylic acids is 1. The second-order valence-corrected chi connectivity index (χ2v) is 6.06. The molecule has 0 aliphatic carbocycles. The largest absolute Gasteiger partial charge is 0.505 e. The lowest BCUT2D eigenvalue weighted by Crippen LogP contribution is -2.23. The fourth-order valence-electron chi connectivity index (χ4n) is 2.61. The molecule has 2 aromatic carbocycles. The highest BCUT2D eigenvalue weighted by Gasteiger charge is 2.15. The lowest BCUT2D eigenvalue weighted by atomic mass is 10.0. The van der Waals surface area contributed by atoms with Gasteiger partial charge in [0.1, 0.15) is 22.5 Å². The predicted molar refractivity (Wildman–Crippen MR) is 101 cm³/mol. The molecular formula is C20H20N4O2. The zero-order valence-corrected chi connectivity index (χ0v) is 14.6. The molecule has 1 amide bonds. The molecule has 132 valence electrons. The predicted octanol–water partition coefficient (Wildman–Crippen LogP) is 3.05. The Hall–Kier alpha value is -3.41. The van der Waals surface area contributed by atoms with E-state index in [-0.39, 0.29) is 18.2 Å². The van der Waals surface area contributed by atoms with Crippen LogP contribution in [0.5, 0.6) is 5.75 Å². The minimum absolute atomic E-state index is 0.0279. The normalized spacial score (nSPS) is 10.7. The monoisotopic (exact) mass is 348 g/mol. The van der Waals surface area contributed by atoms with Gasteiger partial charge in [0.25, 0.3) is 0 Å². The number of amides is 1. The molecule has 1 heterocycles. The van der Waals surface area contributed by atoms with Gasteiger partial charge in [-0.1, -0.05) is 24.8 Å². The smallest absolute Gasteiger partial charge is 0.246 e. The first-order chi connectivity index (χ1) is 12.5. The van der Waals surface area contributed by atoms with Gasteiger partial charge in [-0.15, -0.1) is 21.6 Å². The topological polar surface area (TPSA) is 80.0 Å². The van der Waals surface area contributed by atoms with Gasteiger partial charge in [0.05, 0.1) is 0 Å². The van der Waals surface area contributed by atoms with Crippen molar-refractivity contribution >= 4 is 16.9 Å². The van der Waals surface area contributed by atoms with Crippen LogP contribution in [0.25, 0.3) is 16.7 Å². The van der Waals surface area contributed by atoms with E-state index in [0.717, 1.165) is 16.6 Å². The molecule has 0 radical (unpaired) electrons. The summed E-state index contributed by atoms with van der Waals surface area (Å²) in [7, 11) is 0. The van der Waals surface area contributed by atoms with E-state index in [4.69, 9.17) is 0 Å². The maximum Gasteiger partial charge on any atom is 0.246 e. The Morgan fingerprint density at radius 3 is 2.50 bits per heavy atom. The number of rotatable bonds is 6. The third-order valence-electron chi connectivity index (χ3n) is 3.94. The first-order valence-electron chi connectivity index (χ1n) is 8.21. The molecule has 6 nitrogen and oxygen atoms in total. The van der Waals surface area contributed by atoms with Crippen LogP contribution in [0.2, 0.25) is 0 Å². The number of fused-ring (bicyclic) bond motifs is 1. The van der Waals surface area contributed by atoms with Crippen molar-refractivity contribution in [2.24, 2.45) is 0 Å². The molecule has 0 aliphatic heterocycles. The molecule has 0 atom stereocenters. The second-order valence-electron chi connectivity index (χ2n) is 6.06. The van der Waals surface area contributed by atoms with Crippen molar-refractivity contribution in [3.05, 3.63) is 72.3 Å². The maximum atomic E-state index is 11.8. The van der Waals surface area contributed by atoms with Crippen LogP contribution in [0.4, 0.5) is 0 Å². The number of benzene rings is 2. The summed E-state index contributed by atoms with van der Waals surface area (Å²) in [6.07, 6.45) is 2.40. The van der Waals surface area contributed by atoms with Crippen molar-refractivity contribution < 1.29 is 9.90 Å². The molecule has 0 saturated carbocycles. The van der Waals surface area contributed by atoms with Gasteiger partial charge in [0.15, 0.2) is 0 Å². The molecule has 0 spiro atoms. The number of phenolic OH excluding ortho intramolecular Hbond substituents is 1. The van der Waals surface area contributed by atoms with Crippen LogP contribution < -0.4 is 5.32 Å². The average molecular weight is 348 g/mol. The van der Waals surface area contributed by atoms with Gasteiger partial charge in [-0.3, -0.25) is 4.79 Å². The summed E-state index contributed by atoms with van der Waals surface area (Å²) in [6, 6.07) is 11.1. The molecule has 26 heavy (non-hydrogen) atoms. The Morgan fingerprint density at radius 2 is 1.92 bits per heavy atom. The minimum Gasteiger partial charge on any atom is -0.505 e. The number of hydrogen-bond donors (Lipinski definition) is 2. The summed E-state index contributed by atoms with van der Waals surface area (Å²) in [6.45, 7) is 9.18. The summed E-state index contributed by atoms with van der Waals surface area (Å²) < 4.78 is 0. The number of aromatic hydroxyl groups is 1. The van der Waals surface area contributed by atoms with Gasteiger partial charge < -0.3 is 10.4 Å². The number of phenols is 1. The fourth-order valence-corrected chi connectivity index (χ4v) is 2.61. The Kier molecular flexibility index (Phi) is 4.84. The van der Waals surface area contributed by atoms with Crippen molar-refractivity contribution in [3.8, 4) is 11.4 Å². The Bertz CT molecular complexity index is 971. The average Bonchev–Trinajstić information content (AvgIpc) is 3.05. The van der Waals surface area contributed by atoms with E-state index >= 15 is 0 Å². The summed E-state index contributed by atoms with van der Waals surface area (Å²) in [5.41, 5.74) is 3.85. The summed E-state index contributed by atoms with van der Waals surface area (Å²) in [5.74, 6) is -0.233. The Labute approximate surface area is 151 Å². The number of allylic oxidation sites excluding steroid dienone is 1. The van der Waals surface area contributed by atoms with E-state index in [0.29, 0.717) is 23.2 Å². The van der Waals surface area contributed by atoms with E-state index in [1.807, 2.05) is 36.4 Å². The van der Waals surface area contributed by atoms with Crippen LogP contribution in [0.15, 0.2) is 61.2 Å². The summed E-state index contributed by atoms with van der Waals surface area (Å²) in [4.78, 5) is 13.2. The molecule has 0 saturated heterocycles. The zero-order chi connectivity index (χ0) is 18.7. The lowest BCUT2D eigenvalue weighted by Gasteiger charge is -2.13. The van der Waals surface area contributed by atoms with Gasteiger partial charge >= 0.3 is 0 Å². The standard InChI is InChI=1S/C20H20N4O2/c1-4-7-14-10-15(12-21-20(26)13(2)3)19(25)18(11-14)24-22-16-8-5-6-9-17(16)23-24/h4-6,8-11,25H,1-2,7,12H2,3H3,(H,21,26).